The molecular weight excluding hydrogens is 572 g/mol. The first-order valence-corrected chi connectivity index (χ1v) is 17.8. The van der Waals surface area contributed by atoms with E-state index in [0.717, 1.165) is 27.7 Å². The molecule has 3 N–H and O–H groups in total. The molecule has 44 heavy (non-hydrogen) atoms. The van der Waals surface area contributed by atoms with Gasteiger partial charge in [0.15, 0.2) is 8.32 Å². The number of carbonyl (C=O) groups is 1. The molecular formula is C33H44N6O4Si. The summed E-state index contributed by atoms with van der Waals surface area (Å²) in [4.78, 5) is 23.2. The summed E-state index contributed by atoms with van der Waals surface area (Å²) in [5, 5.41) is 25.7. The Morgan fingerprint density at radius 1 is 1.11 bits per heavy atom. The zero-order chi connectivity index (χ0) is 32.3. The van der Waals surface area contributed by atoms with E-state index in [-0.39, 0.29) is 18.0 Å². The van der Waals surface area contributed by atoms with Gasteiger partial charge in [-0.05, 0) is 40.9 Å². The van der Waals surface area contributed by atoms with Gasteiger partial charge in [0.1, 0.15) is 6.10 Å². The van der Waals surface area contributed by atoms with Crippen molar-refractivity contribution >= 4 is 25.2 Å². The largest absolute Gasteiger partial charge is 0.481 e. The Labute approximate surface area is 259 Å². The highest BCUT2D eigenvalue weighted by Gasteiger charge is 2.46. The first-order chi connectivity index (χ1) is 20.7. The number of hydrogen-bond donors (Lipinski definition) is 3. The van der Waals surface area contributed by atoms with Crippen molar-refractivity contribution in [2.24, 2.45) is 5.11 Å². The highest BCUT2D eigenvalue weighted by atomic mass is 28.4. The number of aromatic amines is 1. The number of aliphatic hydroxyl groups is 1. The van der Waals surface area contributed by atoms with Gasteiger partial charge in [-0.1, -0.05) is 88.3 Å². The Morgan fingerprint density at radius 2 is 1.77 bits per heavy atom. The fourth-order valence-electron chi connectivity index (χ4n) is 5.44. The summed E-state index contributed by atoms with van der Waals surface area (Å²) >= 11 is 0. The Morgan fingerprint density at radius 3 is 2.41 bits per heavy atom. The van der Waals surface area contributed by atoms with Crippen LogP contribution in [0.15, 0.2) is 66.0 Å². The maximum atomic E-state index is 12.0. The number of para-hydroxylation sites is 1. The molecule has 0 saturated heterocycles. The van der Waals surface area contributed by atoms with Crippen molar-refractivity contribution in [2.45, 2.75) is 89.8 Å². The van der Waals surface area contributed by atoms with Crippen LogP contribution < -0.4 is 0 Å². The number of imidazole rings is 1. The molecule has 0 bridgehead atoms. The molecule has 2 heterocycles. The smallest absolute Gasteiger partial charge is 0.307 e. The lowest BCUT2D eigenvalue weighted by atomic mass is 9.79. The molecule has 234 valence electrons. The SMILES string of the molecule is CC(C)(c1ncn(Cc2ccccc2)c1[C@@H](O)CN=[N+]=[N-])[C@H](Cc1[nH]c2ccccc2c1CC(=O)O)O[Si](C)(C)C(C)(C)C. The molecule has 11 heteroatoms. The van der Waals surface area contributed by atoms with E-state index >= 15 is 0 Å². The van der Waals surface area contributed by atoms with Crippen molar-refractivity contribution in [3.63, 3.8) is 0 Å². The van der Waals surface area contributed by atoms with Crippen LogP contribution in [0.3, 0.4) is 0 Å². The number of hydrogen-bond acceptors (Lipinski definition) is 5. The summed E-state index contributed by atoms with van der Waals surface area (Å²) in [5.41, 5.74) is 12.9. The minimum absolute atomic E-state index is 0.0950. The summed E-state index contributed by atoms with van der Waals surface area (Å²) in [6.45, 7) is 15.4. The Bertz CT molecular complexity index is 1650. The minimum atomic E-state index is -2.37. The van der Waals surface area contributed by atoms with Crippen LogP contribution in [0.5, 0.6) is 0 Å². The normalized spacial score (nSPS) is 13.9. The van der Waals surface area contributed by atoms with Crippen LogP contribution >= 0.6 is 0 Å². The lowest BCUT2D eigenvalue weighted by Crippen LogP contribution is -2.50. The summed E-state index contributed by atoms with van der Waals surface area (Å²) in [5.74, 6) is -0.903. The topological polar surface area (TPSA) is 149 Å². The van der Waals surface area contributed by atoms with Crippen LogP contribution in [0.25, 0.3) is 21.3 Å². The Balaban J connectivity index is 1.87. The third-order valence-electron chi connectivity index (χ3n) is 8.99. The van der Waals surface area contributed by atoms with E-state index < -0.39 is 31.9 Å². The van der Waals surface area contributed by atoms with Crippen molar-refractivity contribution < 1.29 is 19.4 Å². The molecule has 0 aliphatic carbocycles. The zero-order valence-corrected chi connectivity index (χ0v) is 27.7. The first-order valence-electron chi connectivity index (χ1n) is 14.9. The molecule has 4 rings (SSSR count). The third kappa shape index (κ3) is 7.08. The van der Waals surface area contributed by atoms with Gasteiger partial charge in [0.2, 0.25) is 0 Å². The molecule has 0 aliphatic heterocycles. The lowest BCUT2D eigenvalue weighted by molar-refractivity contribution is -0.136. The first kappa shape index (κ1) is 33.0. The van der Waals surface area contributed by atoms with E-state index in [4.69, 9.17) is 14.9 Å². The standard InChI is InChI=1S/C33H44N6O4Si/c1-32(2,3)44(6,7)43-28(18-26-24(17-29(41)42)23-15-11-12-16-25(23)37-26)33(4,5)31-30(27(40)19-36-38-34)39(21-35-31)20-22-13-9-8-10-14-22/h8-16,21,27-28,37,40H,17-20H2,1-7H3,(H,41,42)/t27-,28-/m0/s1. The lowest BCUT2D eigenvalue weighted by Gasteiger charge is -2.44. The van der Waals surface area contributed by atoms with Crippen LogP contribution in [-0.2, 0) is 34.0 Å². The maximum absolute atomic E-state index is 12.0. The van der Waals surface area contributed by atoms with Gasteiger partial charge in [-0.3, -0.25) is 4.79 Å². The summed E-state index contributed by atoms with van der Waals surface area (Å²) in [6, 6.07) is 17.6. The van der Waals surface area contributed by atoms with Crippen molar-refractivity contribution in [1.29, 1.82) is 0 Å². The van der Waals surface area contributed by atoms with E-state index in [2.05, 4.69) is 62.7 Å². The van der Waals surface area contributed by atoms with Crippen molar-refractivity contribution in [2.75, 3.05) is 6.54 Å². The molecule has 4 aromatic rings. The number of fused-ring (bicyclic) bond motifs is 1. The number of azide groups is 1. The number of carboxylic acid groups (broad SMARTS) is 1. The van der Waals surface area contributed by atoms with Gasteiger partial charge in [-0.15, -0.1) is 0 Å². The van der Waals surface area contributed by atoms with Gasteiger partial charge in [-0.2, -0.15) is 0 Å². The summed E-state index contributed by atoms with van der Waals surface area (Å²) in [7, 11) is -2.37. The quantitative estimate of drug-likeness (QED) is 0.0624. The third-order valence-corrected chi connectivity index (χ3v) is 13.5. The van der Waals surface area contributed by atoms with Crippen LogP contribution in [0.1, 0.15) is 68.9 Å². The van der Waals surface area contributed by atoms with E-state index in [1.165, 1.54) is 0 Å². The molecule has 0 aliphatic rings. The molecule has 2 aromatic carbocycles. The molecule has 2 aromatic heterocycles. The highest BCUT2D eigenvalue weighted by molar-refractivity contribution is 6.74. The summed E-state index contributed by atoms with van der Waals surface area (Å²) < 4.78 is 9.09. The number of rotatable bonds is 13. The molecule has 0 saturated carbocycles. The van der Waals surface area contributed by atoms with Crippen molar-refractivity contribution in [3.8, 4) is 0 Å². The molecule has 10 nitrogen and oxygen atoms in total. The van der Waals surface area contributed by atoms with Crippen LogP contribution in [0.2, 0.25) is 18.1 Å². The fraction of sp³-hybridized carbons (Fsp3) is 0.455. The monoisotopic (exact) mass is 616 g/mol. The number of nitrogens with one attached hydrogen (secondary N) is 1. The van der Waals surface area contributed by atoms with Crippen LogP contribution in [-0.4, -0.2) is 51.7 Å². The van der Waals surface area contributed by atoms with E-state index in [1.807, 2.05) is 59.2 Å². The zero-order valence-electron chi connectivity index (χ0n) is 26.7. The van der Waals surface area contributed by atoms with Gasteiger partial charge < -0.3 is 24.2 Å². The van der Waals surface area contributed by atoms with Crippen molar-refractivity contribution in [3.05, 3.63) is 99.6 Å². The average Bonchev–Trinajstić information content (AvgIpc) is 3.53. The van der Waals surface area contributed by atoms with E-state index in [0.29, 0.717) is 24.4 Å². The van der Waals surface area contributed by atoms with Crippen LogP contribution in [0.4, 0.5) is 0 Å². The number of H-pyrrole nitrogens is 1. The molecule has 0 spiro atoms. The highest BCUT2D eigenvalue weighted by Crippen LogP contribution is 2.43. The summed E-state index contributed by atoms with van der Waals surface area (Å²) in [6.07, 6.45) is 0.494. The molecule has 0 amide bonds. The van der Waals surface area contributed by atoms with Gasteiger partial charge in [0.25, 0.3) is 0 Å². The number of benzene rings is 2. The van der Waals surface area contributed by atoms with Gasteiger partial charge in [0.05, 0.1) is 36.8 Å². The number of aliphatic carboxylic acids is 1. The number of carboxylic acids is 1. The van der Waals surface area contributed by atoms with E-state index in [1.54, 1.807) is 6.33 Å². The number of nitrogens with zero attached hydrogens (tertiary/aromatic N) is 5. The number of aliphatic hydroxyl groups excluding tert-OH is 1. The van der Waals surface area contributed by atoms with Crippen LogP contribution in [0, 0.1) is 0 Å². The average molecular weight is 617 g/mol. The molecule has 0 unspecified atom stereocenters. The second kappa shape index (κ2) is 13.0. The van der Waals surface area contributed by atoms with E-state index in [9.17, 15) is 15.0 Å². The maximum Gasteiger partial charge on any atom is 0.307 e. The second-order valence-corrected chi connectivity index (χ2v) is 18.3. The molecule has 0 fully saturated rings. The minimum Gasteiger partial charge on any atom is -0.481 e. The predicted octanol–water partition coefficient (Wildman–Crippen LogP) is 7.29. The fourth-order valence-corrected chi connectivity index (χ4v) is 6.88. The Kier molecular flexibility index (Phi) is 9.75. The second-order valence-electron chi connectivity index (χ2n) is 13.5. The predicted molar refractivity (Wildman–Crippen MR) is 175 cm³/mol. The Hall–Kier alpha value is -3.89. The number of aromatic nitrogens is 3. The van der Waals surface area contributed by atoms with Gasteiger partial charge in [0, 0.05) is 39.9 Å². The van der Waals surface area contributed by atoms with Gasteiger partial charge in [-0.25, -0.2) is 4.98 Å². The molecule has 0 radical (unpaired) electrons. The van der Waals surface area contributed by atoms with Gasteiger partial charge >= 0.3 is 5.97 Å². The molecule has 2 atom stereocenters. The van der Waals surface area contributed by atoms with Crippen molar-refractivity contribution in [1.82, 2.24) is 14.5 Å².